The van der Waals surface area contributed by atoms with Crippen molar-refractivity contribution in [3.8, 4) is 0 Å². The summed E-state index contributed by atoms with van der Waals surface area (Å²) in [6.45, 7) is 4.98. The number of unbranched alkanes of at least 4 members (excludes halogenated alkanes) is 1. The minimum Gasteiger partial charge on any atom is -0.468 e. The molecule has 17 heavy (non-hydrogen) atoms. The van der Waals surface area contributed by atoms with Crippen LogP contribution in [0.3, 0.4) is 0 Å². The molecule has 0 aliphatic carbocycles. The molecular weight excluding hydrogens is 218 g/mol. The van der Waals surface area contributed by atoms with Crippen molar-refractivity contribution in [2.75, 3.05) is 7.11 Å². The van der Waals surface area contributed by atoms with E-state index in [0.717, 1.165) is 30.6 Å². The number of ether oxygens (including phenoxy) is 1. The molecule has 0 aromatic carbocycles. The number of methoxy groups -OCH3 is 1. The fraction of sp³-hybridized carbons (Fsp3) is 0.667. The first-order chi connectivity index (χ1) is 8.08. The highest BCUT2D eigenvalue weighted by molar-refractivity contribution is 5.75. The predicted octanol–water partition coefficient (Wildman–Crippen LogP) is 1.03. The zero-order valence-electron chi connectivity index (χ0n) is 10.8. The van der Waals surface area contributed by atoms with Gasteiger partial charge in [-0.2, -0.15) is 5.10 Å². The molecular formula is C12H21N3O2. The Balaban J connectivity index is 2.64. The van der Waals surface area contributed by atoms with Crippen LogP contribution in [0.5, 0.6) is 0 Å². The molecule has 5 nitrogen and oxygen atoms in total. The minimum absolute atomic E-state index is 0.384. The summed E-state index contributed by atoms with van der Waals surface area (Å²) in [5.74, 6) is -0.384. The molecule has 0 bridgehead atoms. The summed E-state index contributed by atoms with van der Waals surface area (Å²) in [5, 5.41) is 4.40. The van der Waals surface area contributed by atoms with Gasteiger partial charge < -0.3 is 10.5 Å². The molecule has 1 rings (SSSR count). The van der Waals surface area contributed by atoms with Gasteiger partial charge in [0.2, 0.25) is 0 Å². The average Bonchev–Trinajstić information content (AvgIpc) is 2.66. The molecule has 1 aromatic rings. The number of nitrogens with two attached hydrogens (primary N) is 1. The molecule has 0 fully saturated rings. The molecule has 0 spiro atoms. The lowest BCUT2D eigenvalue weighted by atomic mass is 10.1. The van der Waals surface area contributed by atoms with Gasteiger partial charge in [0.05, 0.1) is 12.8 Å². The van der Waals surface area contributed by atoms with Crippen molar-refractivity contribution in [3.63, 3.8) is 0 Å². The third kappa shape index (κ3) is 3.85. The van der Waals surface area contributed by atoms with E-state index >= 15 is 0 Å². The number of rotatable bonds is 6. The lowest BCUT2D eigenvalue weighted by molar-refractivity contribution is -0.142. The summed E-state index contributed by atoms with van der Waals surface area (Å²) < 4.78 is 6.52. The SMILES string of the molecule is CCCCn1cc(CC(N)C(=O)OC)c(C)n1. The minimum atomic E-state index is -0.609. The first kappa shape index (κ1) is 13.7. The van der Waals surface area contributed by atoms with E-state index in [1.807, 2.05) is 17.8 Å². The number of nitrogens with zero attached hydrogens (tertiary/aromatic N) is 2. The smallest absolute Gasteiger partial charge is 0.322 e. The van der Waals surface area contributed by atoms with Crippen molar-refractivity contribution in [1.29, 1.82) is 0 Å². The summed E-state index contributed by atoms with van der Waals surface area (Å²) in [4.78, 5) is 11.2. The van der Waals surface area contributed by atoms with Gasteiger partial charge in [-0.05, 0) is 18.9 Å². The standard InChI is InChI=1S/C12H21N3O2/c1-4-5-6-15-8-10(9(2)14-15)7-11(13)12(16)17-3/h8,11H,4-7,13H2,1-3H3. The van der Waals surface area contributed by atoms with Crippen molar-refractivity contribution < 1.29 is 9.53 Å². The Morgan fingerprint density at radius 1 is 1.65 bits per heavy atom. The lowest BCUT2D eigenvalue weighted by Crippen LogP contribution is -2.33. The Morgan fingerprint density at radius 3 is 2.94 bits per heavy atom. The first-order valence-electron chi connectivity index (χ1n) is 5.94. The van der Waals surface area contributed by atoms with Gasteiger partial charge in [0, 0.05) is 19.2 Å². The van der Waals surface area contributed by atoms with Crippen LogP contribution in [0, 0.1) is 6.92 Å². The molecule has 0 amide bonds. The number of aryl methyl sites for hydroxylation is 2. The van der Waals surface area contributed by atoms with Gasteiger partial charge in [-0.1, -0.05) is 13.3 Å². The van der Waals surface area contributed by atoms with Crippen LogP contribution in [-0.4, -0.2) is 28.9 Å². The summed E-state index contributed by atoms with van der Waals surface area (Å²) in [7, 11) is 1.35. The Bertz CT molecular complexity index is 374. The molecule has 1 aromatic heterocycles. The lowest BCUT2D eigenvalue weighted by Gasteiger charge is -2.07. The number of esters is 1. The summed E-state index contributed by atoms with van der Waals surface area (Å²) >= 11 is 0. The molecule has 0 aliphatic heterocycles. The molecule has 1 unspecified atom stereocenters. The Hall–Kier alpha value is -1.36. The van der Waals surface area contributed by atoms with E-state index < -0.39 is 6.04 Å². The van der Waals surface area contributed by atoms with E-state index in [-0.39, 0.29) is 5.97 Å². The fourth-order valence-electron chi connectivity index (χ4n) is 1.67. The molecule has 0 aliphatic rings. The second-order valence-electron chi connectivity index (χ2n) is 4.19. The van der Waals surface area contributed by atoms with Crippen molar-refractivity contribution >= 4 is 5.97 Å². The van der Waals surface area contributed by atoms with Crippen LogP contribution in [0.1, 0.15) is 31.0 Å². The maximum atomic E-state index is 11.2. The number of hydrogen-bond donors (Lipinski definition) is 1. The van der Waals surface area contributed by atoms with Crippen LogP contribution in [0.15, 0.2) is 6.20 Å². The van der Waals surface area contributed by atoms with E-state index in [1.165, 1.54) is 7.11 Å². The highest BCUT2D eigenvalue weighted by Crippen LogP contribution is 2.09. The quantitative estimate of drug-likeness (QED) is 0.753. The molecule has 0 radical (unpaired) electrons. The molecule has 2 N–H and O–H groups in total. The van der Waals surface area contributed by atoms with E-state index in [4.69, 9.17) is 5.73 Å². The number of carbonyl (C=O) groups excluding carboxylic acids is 1. The third-order valence-electron chi connectivity index (χ3n) is 2.73. The highest BCUT2D eigenvalue weighted by atomic mass is 16.5. The van der Waals surface area contributed by atoms with Crippen LogP contribution >= 0.6 is 0 Å². The van der Waals surface area contributed by atoms with Crippen molar-refractivity contribution in [1.82, 2.24) is 9.78 Å². The van der Waals surface area contributed by atoms with Crippen LogP contribution in [0.25, 0.3) is 0 Å². The second-order valence-corrected chi connectivity index (χ2v) is 4.19. The van der Waals surface area contributed by atoms with Crippen LogP contribution in [0.4, 0.5) is 0 Å². The maximum Gasteiger partial charge on any atom is 0.322 e. The van der Waals surface area contributed by atoms with Crippen LogP contribution < -0.4 is 5.73 Å². The van der Waals surface area contributed by atoms with Crippen LogP contribution in [-0.2, 0) is 22.5 Å². The Kier molecular flexibility index (Phi) is 5.15. The van der Waals surface area contributed by atoms with Gasteiger partial charge in [0.25, 0.3) is 0 Å². The van der Waals surface area contributed by atoms with Crippen molar-refractivity contribution in [2.24, 2.45) is 5.73 Å². The highest BCUT2D eigenvalue weighted by Gasteiger charge is 2.16. The fourth-order valence-corrected chi connectivity index (χ4v) is 1.67. The van der Waals surface area contributed by atoms with Gasteiger partial charge in [-0.3, -0.25) is 9.48 Å². The number of aromatic nitrogens is 2. The van der Waals surface area contributed by atoms with Crippen molar-refractivity contribution in [2.45, 2.75) is 45.7 Å². The van der Waals surface area contributed by atoms with Crippen molar-refractivity contribution in [3.05, 3.63) is 17.5 Å². The Labute approximate surface area is 102 Å². The topological polar surface area (TPSA) is 70.1 Å². The van der Waals surface area contributed by atoms with E-state index in [0.29, 0.717) is 6.42 Å². The van der Waals surface area contributed by atoms with Gasteiger partial charge in [-0.15, -0.1) is 0 Å². The Morgan fingerprint density at radius 2 is 2.35 bits per heavy atom. The molecule has 0 saturated heterocycles. The molecule has 1 atom stereocenters. The van der Waals surface area contributed by atoms with E-state index in [2.05, 4.69) is 16.8 Å². The summed E-state index contributed by atoms with van der Waals surface area (Å²) in [6, 6.07) is -0.609. The zero-order valence-corrected chi connectivity index (χ0v) is 10.8. The third-order valence-corrected chi connectivity index (χ3v) is 2.73. The molecule has 5 heteroatoms. The average molecular weight is 239 g/mol. The van der Waals surface area contributed by atoms with Gasteiger partial charge in [0.1, 0.15) is 6.04 Å². The van der Waals surface area contributed by atoms with E-state index in [9.17, 15) is 4.79 Å². The maximum absolute atomic E-state index is 11.2. The first-order valence-corrected chi connectivity index (χ1v) is 5.94. The largest absolute Gasteiger partial charge is 0.468 e. The van der Waals surface area contributed by atoms with Crippen LogP contribution in [0.2, 0.25) is 0 Å². The van der Waals surface area contributed by atoms with E-state index in [1.54, 1.807) is 0 Å². The number of carbonyl (C=O) groups is 1. The monoisotopic (exact) mass is 239 g/mol. The molecule has 1 heterocycles. The summed E-state index contributed by atoms with van der Waals surface area (Å²) in [5.41, 5.74) is 7.67. The van der Waals surface area contributed by atoms with Gasteiger partial charge in [-0.25, -0.2) is 0 Å². The zero-order chi connectivity index (χ0) is 12.8. The molecule has 0 saturated carbocycles. The second kappa shape index (κ2) is 6.39. The van der Waals surface area contributed by atoms with Gasteiger partial charge >= 0.3 is 5.97 Å². The molecule has 96 valence electrons. The summed E-state index contributed by atoms with van der Waals surface area (Å²) in [6.07, 6.45) is 4.68. The predicted molar refractivity (Wildman–Crippen MR) is 65.6 cm³/mol. The number of hydrogen-bond acceptors (Lipinski definition) is 4. The normalized spacial score (nSPS) is 12.5. The van der Waals surface area contributed by atoms with Gasteiger partial charge in [0.15, 0.2) is 0 Å².